The number of amides is 1. The van der Waals surface area contributed by atoms with Crippen molar-refractivity contribution in [2.45, 2.75) is 13.0 Å². The van der Waals surface area contributed by atoms with Crippen LogP contribution in [0.25, 0.3) is 0 Å². The molecule has 4 nitrogen and oxygen atoms in total. The Kier molecular flexibility index (Phi) is 5.14. The number of carbonyl (C=O) groups is 1. The molecule has 120 valence electrons. The first kappa shape index (κ1) is 15.4. The van der Waals surface area contributed by atoms with Crippen LogP contribution in [0.4, 0.5) is 10.5 Å². The molecule has 1 aliphatic heterocycles. The highest BCUT2D eigenvalue weighted by Crippen LogP contribution is 2.16. The smallest absolute Gasteiger partial charge is 0.410 e. The lowest BCUT2D eigenvalue weighted by Gasteiger charge is -2.23. The van der Waals surface area contributed by atoms with Crippen molar-refractivity contribution in [3.8, 4) is 0 Å². The lowest BCUT2D eigenvalue weighted by atomic mass is 10.2. The fourth-order valence-corrected chi connectivity index (χ4v) is 2.81. The van der Waals surface area contributed by atoms with E-state index in [2.05, 4.69) is 17.0 Å². The third kappa shape index (κ3) is 4.25. The van der Waals surface area contributed by atoms with Gasteiger partial charge in [-0.1, -0.05) is 48.5 Å². The van der Waals surface area contributed by atoms with Crippen molar-refractivity contribution in [2.75, 3.05) is 31.1 Å². The van der Waals surface area contributed by atoms with Crippen LogP contribution in [0, 0.1) is 0 Å². The summed E-state index contributed by atoms with van der Waals surface area (Å²) in [5.74, 6) is 0. The van der Waals surface area contributed by atoms with Crippen molar-refractivity contribution >= 4 is 11.8 Å². The van der Waals surface area contributed by atoms with Gasteiger partial charge < -0.3 is 14.5 Å². The van der Waals surface area contributed by atoms with Crippen LogP contribution in [0.15, 0.2) is 60.7 Å². The summed E-state index contributed by atoms with van der Waals surface area (Å²) in [6.07, 6.45) is 0.735. The van der Waals surface area contributed by atoms with Gasteiger partial charge in [-0.2, -0.15) is 0 Å². The quantitative estimate of drug-likeness (QED) is 0.869. The molecule has 1 amide bonds. The Hall–Kier alpha value is -2.49. The Morgan fingerprint density at radius 2 is 1.57 bits per heavy atom. The van der Waals surface area contributed by atoms with Crippen LogP contribution in [-0.4, -0.2) is 37.2 Å². The lowest BCUT2D eigenvalue weighted by Crippen LogP contribution is -2.35. The Morgan fingerprint density at radius 3 is 2.30 bits per heavy atom. The van der Waals surface area contributed by atoms with Crippen molar-refractivity contribution in [1.29, 1.82) is 0 Å². The summed E-state index contributed by atoms with van der Waals surface area (Å²) in [4.78, 5) is 16.4. The average molecular weight is 310 g/mol. The maximum atomic E-state index is 12.3. The summed E-state index contributed by atoms with van der Waals surface area (Å²) in [5, 5.41) is 0. The largest absolute Gasteiger partial charge is 0.445 e. The molecule has 0 unspecified atom stereocenters. The van der Waals surface area contributed by atoms with Gasteiger partial charge in [0, 0.05) is 31.9 Å². The zero-order chi connectivity index (χ0) is 15.9. The SMILES string of the molecule is O=C(OCc1ccccc1)N1CCCN(c2ccccc2)CC1. The number of benzene rings is 2. The zero-order valence-corrected chi connectivity index (χ0v) is 13.2. The van der Waals surface area contributed by atoms with Crippen LogP contribution in [-0.2, 0) is 11.3 Å². The van der Waals surface area contributed by atoms with E-state index < -0.39 is 0 Å². The molecule has 4 heteroatoms. The van der Waals surface area contributed by atoms with E-state index in [1.807, 2.05) is 53.4 Å². The van der Waals surface area contributed by atoms with E-state index in [0.717, 1.165) is 31.6 Å². The maximum Gasteiger partial charge on any atom is 0.410 e. The van der Waals surface area contributed by atoms with E-state index in [-0.39, 0.29) is 6.09 Å². The first-order valence-corrected chi connectivity index (χ1v) is 8.08. The van der Waals surface area contributed by atoms with Gasteiger partial charge in [0.15, 0.2) is 0 Å². The fourth-order valence-electron chi connectivity index (χ4n) is 2.81. The molecule has 1 aliphatic rings. The van der Waals surface area contributed by atoms with Gasteiger partial charge in [-0.05, 0) is 24.1 Å². The molecule has 0 saturated carbocycles. The van der Waals surface area contributed by atoms with Gasteiger partial charge in [0.05, 0.1) is 0 Å². The highest BCUT2D eigenvalue weighted by Gasteiger charge is 2.20. The van der Waals surface area contributed by atoms with E-state index >= 15 is 0 Å². The van der Waals surface area contributed by atoms with Gasteiger partial charge in [-0.15, -0.1) is 0 Å². The molecule has 2 aromatic carbocycles. The summed E-state index contributed by atoms with van der Waals surface area (Å²) >= 11 is 0. The fraction of sp³-hybridized carbons (Fsp3) is 0.316. The van der Waals surface area contributed by atoms with Gasteiger partial charge in [0.25, 0.3) is 0 Å². The first-order valence-electron chi connectivity index (χ1n) is 8.08. The van der Waals surface area contributed by atoms with E-state index in [4.69, 9.17) is 4.74 Å². The molecule has 1 fully saturated rings. The van der Waals surface area contributed by atoms with Crippen LogP contribution in [0.2, 0.25) is 0 Å². The molecular weight excluding hydrogens is 288 g/mol. The zero-order valence-electron chi connectivity index (χ0n) is 13.2. The standard InChI is InChI=1S/C19H22N2O2/c22-19(23-16-17-8-3-1-4-9-17)21-13-7-12-20(14-15-21)18-10-5-2-6-11-18/h1-6,8-11H,7,12-16H2. The van der Waals surface area contributed by atoms with E-state index in [1.165, 1.54) is 5.69 Å². The number of ether oxygens (including phenoxy) is 1. The second-order valence-corrected chi connectivity index (χ2v) is 5.70. The number of nitrogens with zero attached hydrogens (tertiary/aromatic N) is 2. The number of para-hydroxylation sites is 1. The van der Waals surface area contributed by atoms with E-state index in [0.29, 0.717) is 13.2 Å². The third-order valence-electron chi connectivity index (χ3n) is 4.08. The molecule has 0 bridgehead atoms. The molecule has 0 radical (unpaired) electrons. The number of anilines is 1. The molecule has 0 N–H and O–H groups in total. The summed E-state index contributed by atoms with van der Waals surface area (Å²) in [6.45, 7) is 3.58. The molecule has 2 aromatic rings. The second-order valence-electron chi connectivity index (χ2n) is 5.70. The second kappa shape index (κ2) is 7.68. The number of hydrogen-bond donors (Lipinski definition) is 0. The Morgan fingerprint density at radius 1 is 0.870 bits per heavy atom. The predicted molar refractivity (Wildman–Crippen MR) is 91.5 cm³/mol. The Bertz CT molecular complexity index is 616. The summed E-state index contributed by atoms with van der Waals surface area (Å²) in [6, 6.07) is 20.1. The van der Waals surface area contributed by atoms with Crippen LogP contribution in [0.5, 0.6) is 0 Å². The maximum absolute atomic E-state index is 12.3. The summed E-state index contributed by atoms with van der Waals surface area (Å²) in [7, 11) is 0. The molecule has 0 atom stereocenters. The van der Waals surface area contributed by atoms with Crippen LogP contribution in [0.1, 0.15) is 12.0 Å². The van der Waals surface area contributed by atoms with E-state index in [9.17, 15) is 4.79 Å². The Labute approximate surface area is 137 Å². The van der Waals surface area contributed by atoms with Gasteiger partial charge in [-0.25, -0.2) is 4.79 Å². The minimum Gasteiger partial charge on any atom is -0.445 e. The van der Waals surface area contributed by atoms with Gasteiger partial charge >= 0.3 is 6.09 Å². The van der Waals surface area contributed by atoms with Gasteiger partial charge in [0.2, 0.25) is 0 Å². The van der Waals surface area contributed by atoms with Crippen molar-refractivity contribution in [1.82, 2.24) is 4.90 Å². The number of hydrogen-bond acceptors (Lipinski definition) is 3. The first-order chi connectivity index (χ1) is 11.3. The third-order valence-corrected chi connectivity index (χ3v) is 4.08. The van der Waals surface area contributed by atoms with Crippen molar-refractivity contribution < 1.29 is 9.53 Å². The lowest BCUT2D eigenvalue weighted by molar-refractivity contribution is 0.0986. The molecule has 0 aliphatic carbocycles. The summed E-state index contributed by atoms with van der Waals surface area (Å²) in [5.41, 5.74) is 2.23. The highest BCUT2D eigenvalue weighted by molar-refractivity contribution is 5.67. The van der Waals surface area contributed by atoms with Crippen LogP contribution in [0.3, 0.4) is 0 Å². The minimum atomic E-state index is -0.219. The predicted octanol–water partition coefficient (Wildman–Crippen LogP) is 3.54. The van der Waals surface area contributed by atoms with Crippen molar-refractivity contribution in [3.63, 3.8) is 0 Å². The topological polar surface area (TPSA) is 32.8 Å². The van der Waals surface area contributed by atoms with Gasteiger partial charge in [0.1, 0.15) is 6.61 Å². The molecule has 3 rings (SSSR count). The molecular formula is C19H22N2O2. The van der Waals surface area contributed by atoms with Gasteiger partial charge in [-0.3, -0.25) is 0 Å². The molecule has 0 aromatic heterocycles. The average Bonchev–Trinajstić information content (AvgIpc) is 2.87. The summed E-state index contributed by atoms with van der Waals surface area (Å²) < 4.78 is 5.43. The Balaban J connectivity index is 1.52. The number of rotatable bonds is 3. The minimum absolute atomic E-state index is 0.219. The molecule has 1 saturated heterocycles. The normalized spacial score (nSPS) is 15.1. The molecule has 0 spiro atoms. The van der Waals surface area contributed by atoms with Crippen molar-refractivity contribution in [2.24, 2.45) is 0 Å². The monoisotopic (exact) mass is 310 g/mol. The van der Waals surface area contributed by atoms with E-state index in [1.54, 1.807) is 0 Å². The van der Waals surface area contributed by atoms with Crippen molar-refractivity contribution in [3.05, 3.63) is 66.2 Å². The molecule has 23 heavy (non-hydrogen) atoms. The van der Waals surface area contributed by atoms with Crippen LogP contribution < -0.4 is 4.90 Å². The molecule has 1 heterocycles. The highest BCUT2D eigenvalue weighted by atomic mass is 16.6. The van der Waals surface area contributed by atoms with Crippen LogP contribution >= 0.6 is 0 Å². The number of carbonyl (C=O) groups excluding carboxylic acids is 1.